The molecule has 0 aromatic carbocycles. The molecule has 5 heteroatoms. The van der Waals surface area contributed by atoms with E-state index < -0.39 is 0 Å². The van der Waals surface area contributed by atoms with Crippen LogP contribution in [-0.4, -0.2) is 34.8 Å². The average molecular weight is 197 g/mol. The molecule has 1 aliphatic rings. The Morgan fingerprint density at radius 1 is 1.36 bits per heavy atom. The summed E-state index contributed by atoms with van der Waals surface area (Å²) in [6.07, 6.45) is 2.05. The topological polar surface area (TPSA) is 51.3 Å². The molecule has 0 spiro atoms. The highest BCUT2D eigenvalue weighted by Crippen LogP contribution is 2.24. The number of rotatable bonds is 1. The van der Waals surface area contributed by atoms with E-state index in [1.54, 1.807) is 7.05 Å². The standard InChI is InChI=1S/C9H15N3O2/c1-11-5-3-7(4-6-11)8-10-12(2)9(13)14-8/h7H,3-6H2,1-2H3. The maximum absolute atomic E-state index is 11.1. The van der Waals surface area contributed by atoms with Crippen molar-refractivity contribution >= 4 is 0 Å². The lowest BCUT2D eigenvalue weighted by Crippen LogP contribution is -2.29. The van der Waals surface area contributed by atoms with Crippen molar-refractivity contribution in [2.45, 2.75) is 18.8 Å². The number of nitrogens with zero attached hydrogens (tertiary/aromatic N) is 3. The third kappa shape index (κ3) is 1.72. The van der Waals surface area contributed by atoms with Gasteiger partial charge in [-0.3, -0.25) is 0 Å². The van der Waals surface area contributed by atoms with Crippen molar-refractivity contribution < 1.29 is 4.42 Å². The molecular weight excluding hydrogens is 182 g/mol. The smallest absolute Gasteiger partial charge is 0.392 e. The minimum absolute atomic E-state index is 0.320. The monoisotopic (exact) mass is 197 g/mol. The summed E-state index contributed by atoms with van der Waals surface area (Å²) in [6.45, 7) is 2.09. The van der Waals surface area contributed by atoms with Crippen LogP contribution >= 0.6 is 0 Å². The summed E-state index contributed by atoms with van der Waals surface area (Å²) in [7, 11) is 3.72. The average Bonchev–Trinajstić information content (AvgIpc) is 2.48. The van der Waals surface area contributed by atoms with E-state index in [1.165, 1.54) is 4.68 Å². The number of likely N-dealkylation sites (tertiary alicyclic amines) is 1. The van der Waals surface area contributed by atoms with Gasteiger partial charge in [-0.2, -0.15) is 4.68 Å². The molecule has 78 valence electrons. The molecule has 0 aliphatic carbocycles. The van der Waals surface area contributed by atoms with Gasteiger partial charge in [-0.25, -0.2) is 4.79 Å². The largest absolute Gasteiger partial charge is 0.436 e. The first kappa shape index (κ1) is 9.45. The van der Waals surface area contributed by atoms with Crippen molar-refractivity contribution in [1.82, 2.24) is 14.7 Å². The number of aryl methyl sites for hydroxylation is 1. The molecule has 1 fully saturated rings. The zero-order chi connectivity index (χ0) is 10.1. The summed E-state index contributed by atoms with van der Waals surface area (Å²) in [5.41, 5.74) is 0. The molecule has 0 atom stereocenters. The van der Waals surface area contributed by atoms with Crippen LogP contribution in [0.3, 0.4) is 0 Å². The predicted octanol–water partition coefficient (Wildman–Crippen LogP) is 0.182. The van der Waals surface area contributed by atoms with Gasteiger partial charge in [-0.1, -0.05) is 0 Å². The summed E-state index contributed by atoms with van der Waals surface area (Å²) in [4.78, 5) is 13.3. The van der Waals surface area contributed by atoms with E-state index in [1.807, 2.05) is 0 Å². The molecule has 1 aromatic rings. The van der Waals surface area contributed by atoms with Crippen LogP contribution in [0.15, 0.2) is 9.21 Å². The van der Waals surface area contributed by atoms with Crippen molar-refractivity contribution in [3.05, 3.63) is 16.4 Å². The van der Waals surface area contributed by atoms with E-state index in [-0.39, 0.29) is 5.76 Å². The maximum Gasteiger partial charge on any atom is 0.436 e. The quantitative estimate of drug-likeness (QED) is 0.644. The van der Waals surface area contributed by atoms with Crippen molar-refractivity contribution in [3.8, 4) is 0 Å². The lowest BCUT2D eigenvalue weighted by atomic mass is 9.97. The van der Waals surface area contributed by atoms with Gasteiger partial charge in [0.2, 0.25) is 5.89 Å². The number of hydrogen-bond donors (Lipinski definition) is 0. The summed E-state index contributed by atoms with van der Waals surface area (Å²) in [5.74, 6) is 0.560. The van der Waals surface area contributed by atoms with Crippen LogP contribution < -0.4 is 5.76 Å². The molecule has 0 N–H and O–H groups in total. The first-order valence-electron chi connectivity index (χ1n) is 4.89. The number of aromatic nitrogens is 2. The molecule has 2 rings (SSSR count). The minimum atomic E-state index is -0.362. The molecule has 0 unspecified atom stereocenters. The fourth-order valence-corrected chi connectivity index (χ4v) is 1.79. The highest BCUT2D eigenvalue weighted by Gasteiger charge is 2.23. The van der Waals surface area contributed by atoms with E-state index in [4.69, 9.17) is 4.42 Å². The van der Waals surface area contributed by atoms with Crippen LogP contribution in [0, 0.1) is 0 Å². The van der Waals surface area contributed by atoms with Crippen LogP contribution in [-0.2, 0) is 7.05 Å². The number of hydrogen-bond acceptors (Lipinski definition) is 4. The second kappa shape index (κ2) is 3.57. The van der Waals surface area contributed by atoms with Gasteiger partial charge in [0.15, 0.2) is 0 Å². The van der Waals surface area contributed by atoms with Gasteiger partial charge in [0.1, 0.15) is 0 Å². The fraction of sp³-hybridized carbons (Fsp3) is 0.778. The Kier molecular flexibility index (Phi) is 2.41. The molecule has 14 heavy (non-hydrogen) atoms. The highest BCUT2D eigenvalue weighted by atomic mass is 16.4. The third-order valence-electron chi connectivity index (χ3n) is 2.77. The SMILES string of the molecule is CN1CCC(c2nn(C)c(=O)o2)CC1. The summed E-state index contributed by atoms with van der Waals surface area (Å²) in [5, 5.41) is 4.08. The molecule has 5 nitrogen and oxygen atoms in total. The zero-order valence-corrected chi connectivity index (χ0v) is 8.56. The van der Waals surface area contributed by atoms with Crippen molar-refractivity contribution in [2.24, 2.45) is 7.05 Å². The third-order valence-corrected chi connectivity index (χ3v) is 2.77. The lowest BCUT2D eigenvalue weighted by Gasteiger charge is -2.26. The van der Waals surface area contributed by atoms with E-state index in [9.17, 15) is 4.79 Å². The Morgan fingerprint density at radius 2 is 2.00 bits per heavy atom. The first-order chi connectivity index (χ1) is 6.66. The zero-order valence-electron chi connectivity index (χ0n) is 8.56. The normalized spacial score (nSPS) is 20.1. The maximum atomic E-state index is 11.1. The fourth-order valence-electron chi connectivity index (χ4n) is 1.79. The van der Waals surface area contributed by atoms with Gasteiger partial charge in [0, 0.05) is 13.0 Å². The number of piperidine rings is 1. The second-order valence-corrected chi connectivity index (χ2v) is 3.91. The van der Waals surface area contributed by atoms with E-state index in [0.717, 1.165) is 25.9 Å². The van der Waals surface area contributed by atoms with Crippen molar-refractivity contribution in [2.75, 3.05) is 20.1 Å². The molecule has 0 amide bonds. The lowest BCUT2D eigenvalue weighted by molar-refractivity contribution is 0.235. The van der Waals surface area contributed by atoms with Gasteiger partial charge in [-0.15, -0.1) is 5.10 Å². The van der Waals surface area contributed by atoms with E-state index >= 15 is 0 Å². The molecule has 1 aliphatic heterocycles. The van der Waals surface area contributed by atoms with E-state index in [2.05, 4.69) is 17.0 Å². The first-order valence-corrected chi connectivity index (χ1v) is 4.89. The van der Waals surface area contributed by atoms with Crippen LogP contribution in [0.2, 0.25) is 0 Å². The molecule has 0 saturated carbocycles. The van der Waals surface area contributed by atoms with Crippen LogP contribution in [0.5, 0.6) is 0 Å². The summed E-state index contributed by atoms with van der Waals surface area (Å²) in [6, 6.07) is 0. The van der Waals surface area contributed by atoms with Crippen LogP contribution in [0.4, 0.5) is 0 Å². The Bertz CT molecular complexity index is 360. The van der Waals surface area contributed by atoms with Crippen molar-refractivity contribution in [1.29, 1.82) is 0 Å². The minimum Gasteiger partial charge on any atom is -0.392 e. The van der Waals surface area contributed by atoms with Gasteiger partial charge in [-0.05, 0) is 33.0 Å². The Morgan fingerprint density at radius 3 is 2.50 bits per heavy atom. The molecule has 1 aromatic heterocycles. The second-order valence-electron chi connectivity index (χ2n) is 3.91. The van der Waals surface area contributed by atoms with Crippen molar-refractivity contribution in [3.63, 3.8) is 0 Å². The highest BCUT2D eigenvalue weighted by molar-refractivity contribution is 4.92. The van der Waals surface area contributed by atoms with Gasteiger partial charge >= 0.3 is 5.76 Å². The molecule has 0 radical (unpaired) electrons. The van der Waals surface area contributed by atoms with Gasteiger partial charge in [0.05, 0.1) is 0 Å². The Labute approximate surface area is 82.3 Å². The molecule has 0 bridgehead atoms. The van der Waals surface area contributed by atoms with Crippen LogP contribution in [0.1, 0.15) is 24.7 Å². The van der Waals surface area contributed by atoms with E-state index in [0.29, 0.717) is 11.8 Å². The molecule has 1 saturated heterocycles. The molecular formula is C9H15N3O2. The van der Waals surface area contributed by atoms with Crippen LogP contribution in [0.25, 0.3) is 0 Å². The van der Waals surface area contributed by atoms with Gasteiger partial charge in [0.25, 0.3) is 0 Å². The summed E-state index contributed by atoms with van der Waals surface area (Å²) < 4.78 is 6.32. The predicted molar refractivity (Wildman–Crippen MR) is 51.2 cm³/mol. The Balaban J connectivity index is 2.12. The Hall–Kier alpha value is -1.10. The summed E-state index contributed by atoms with van der Waals surface area (Å²) >= 11 is 0. The molecule has 2 heterocycles. The van der Waals surface area contributed by atoms with Gasteiger partial charge < -0.3 is 9.32 Å².